The summed E-state index contributed by atoms with van der Waals surface area (Å²) >= 11 is 6.29. The minimum atomic E-state index is -1.15. The summed E-state index contributed by atoms with van der Waals surface area (Å²) in [5.74, 6) is 0.540. The van der Waals surface area contributed by atoms with Gasteiger partial charge in [0.05, 0.1) is 11.8 Å². The Morgan fingerprint density at radius 2 is 1.58 bits per heavy atom. The summed E-state index contributed by atoms with van der Waals surface area (Å²) in [5.41, 5.74) is 2.72. The molecule has 8 unspecified atom stereocenters. The van der Waals surface area contributed by atoms with Crippen molar-refractivity contribution in [2.24, 2.45) is 56.2 Å². The number of carbonyl (C=O) groups is 3. The average Bonchev–Trinajstić information content (AvgIpc) is 3.37. The smallest absolute Gasteiger partial charge is 0.309 e. The Morgan fingerprint density at radius 3 is 2.20 bits per heavy atom. The van der Waals surface area contributed by atoms with E-state index in [1.165, 1.54) is 11.1 Å². The lowest BCUT2D eigenvalue weighted by molar-refractivity contribution is -0.233. The third-order valence-corrected chi connectivity index (χ3v) is 16.9. The molecular formula is C47H71ClN2O5. The molecule has 8 heteroatoms. The van der Waals surface area contributed by atoms with Gasteiger partial charge in [-0.2, -0.15) is 0 Å². The number of hydrogen-bond acceptors (Lipinski definition) is 6. The first kappa shape index (κ1) is 42.4. The third-order valence-electron chi connectivity index (χ3n) is 16.7. The molecule has 1 aromatic rings. The zero-order valence-corrected chi connectivity index (χ0v) is 36.7. The van der Waals surface area contributed by atoms with Gasteiger partial charge in [-0.05, 0) is 142 Å². The van der Waals surface area contributed by atoms with E-state index in [4.69, 9.17) is 16.3 Å². The first-order chi connectivity index (χ1) is 25.5. The van der Waals surface area contributed by atoms with Crippen molar-refractivity contribution in [2.45, 2.75) is 139 Å². The summed E-state index contributed by atoms with van der Waals surface area (Å²) in [6, 6.07) is 8.28. The summed E-state index contributed by atoms with van der Waals surface area (Å²) in [6.07, 6.45) is 8.81. The van der Waals surface area contributed by atoms with Gasteiger partial charge in [-0.25, -0.2) is 0 Å². The Morgan fingerprint density at radius 1 is 0.909 bits per heavy atom. The van der Waals surface area contributed by atoms with Gasteiger partial charge in [-0.1, -0.05) is 77.8 Å². The highest BCUT2D eigenvalue weighted by atomic mass is 35.5. The second kappa shape index (κ2) is 14.9. The fourth-order valence-corrected chi connectivity index (χ4v) is 13.7. The lowest BCUT2D eigenvalue weighted by atomic mass is 9.33. The van der Waals surface area contributed by atoms with Crippen LogP contribution in [0, 0.1) is 56.2 Å². The number of carbonyl (C=O) groups excluding carboxylic acids is 2. The quantitative estimate of drug-likeness (QED) is 0.212. The summed E-state index contributed by atoms with van der Waals surface area (Å²) in [7, 11) is 4.29. The fourth-order valence-electron chi connectivity index (χ4n) is 13.6. The number of ether oxygens (including phenoxy) is 1. The molecule has 55 heavy (non-hydrogen) atoms. The molecule has 5 aliphatic carbocycles. The molecule has 5 aliphatic rings. The van der Waals surface area contributed by atoms with Gasteiger partial charge in [0.25, 0.3) is 0 Å². The Bertz CT molecular complexity index is 1680. The molecule has 0 bridgehead atoms. The van der Waals surface area contributed by atoms with Crippen LogP contribution in [0.3, 0.4) is 0 Å². The van der Waals surface area contributed by atoms with Crippen molar-refractivity contribution in [3.05, 3.63) is 46.0 Å². The summed E-state index contributed by atoms with van der Waals surface area (Å²) in [5, 5.41) is 10.4. The topological polar surface area (TPSA) is 87.2 Å². The number of carboxylic acids is 1. The maximum Gasteiger partial charge on any atom is 0.309 e. The Balaban J connectivity index is 1.30. The van der Waals surface area contributed by atoms with Crippen LogP contribution in [-0.4, -0.2) is 72.5 Å². The molecule has 6 rings (SSSR count). The van der Waals surface area contributed by atoms with Crippen molar-refractivity contribution in [1.82, 2.24) is 9.80 Å². The number of fused-ring (bicyclic) bond motifs is 7. The summed E-state index contributed by atoms with van der Waals surface area (Å²) in [4.78, 5) is 44.2. The predicted octanol–water partition coefficient (Wildman–Crippen LogP) is 10.1. The number of benzene rings is 1. The van der Waals surface area contributed by atoms with Crippen molar-refractivity contribution < 1.29 is 24.2 Å². The van der Waals surface area contributed by atoms with Crippen LogP contribution >= 0.6 is 11.6 Å². The van der Waals surface area contributed by atoms with Crippen molar-refractivity contribution in [3.8, 4) is 0 Å². The highest BCUT2D eigenvalue weighted by molar-refractivity contribution is 6.30. The molecular weight excluding hydrogens is 708 g/mol. The van der Waals surface area contributed by atoms with Gasteiger partial charge in [0, 0.05) is 48.5 Å². The zero-order valence-electron chi connectivity index (χ0n) is 35.9. The molecule has 0 aromatic heterocycles. The summed E-state index contributed by atoms with van der Waals surface area (Å²) < 4.78 is 6.21. The van der Waals surface area contributed by atoms with E-state index in [0.29, 0.717) is 30.0 Å². The Hall–Kier alpha value is -2.22. The maximum absolute atomic E-state index is 14.3. The largest absolute Gasteiger partial charge is 0.481 e. The zero-order chi connectivity index (χ0) is 40.5. The normalized spacial score (nSPS) is 35.7. The van der Waals surface area contributed by atoms with E-state index in [-0.39, 0.29) is 45.5 Å². The molecule has 306 valence electrons. The van der Waals surface area contributed by atoms with Crippen LogP contribution in [0.1, 0.15) is 132 Å². The van der Waals surface area contributed by atoms with Crippen LogP contribution in [0.5, 0.6) is 0 Å². The number of carboxylic acid groups (broad SMARTS) is 1. The molecule has 4 saturated carbocycles. The molecule has 0 amide bonds. The van der Waals surface area contributed by atoms with Gasteiger partial charge in [-0.3, -0.25) is 19.3 Å². The molecule has 0 aliphatic heterocycles. The first-order valence-corrected chi connectivity index (χ1v) is 21.7. The monoisotopic (exact) mass is 779 g/mol. The summed E-state index contributed by atoms with van der Waals surface area (Å²) in [6.45, 7) is 23.7. The molecule has 0 spiro atoms. The molecule has 0 saturated heterocycles. The second-order valence-electron chi connectivity index (χ2n) is 21.3. The lowest BCUT2D eigenvalue weighted by Crippen LogP contribution is -2.66. The van der Waals surface area contributed by atoms with Crippen LogP contribution in [0.25, 0.3) is 0 Å². The molecule has 8 atom stereocenters. The molecule has 1 aromatic carbocycles. The van der Waals surface area contributed by atoms with Crippen LogP contribution < -0.4 is 0 Å². The van der Waals surface area contributed by atoms with E-state index in [0.717, 1.165) is 88.1 Å². The predicted molar refractivity (Wildman–Crippen MR) is 221 cm³/mol. The Labute approximate surface area is 337 Å². The maximum atomic E-state index is 14.3. The molecule has 7 nitrogen and oxygen atoms in total. The number of allylic oxidation sites excluding steroid dienone is 1. The van der Waals surface area contributed by atoms with Crippen molar-refractivity contribution >= 4 is 29.3 Å². The van der Waals surface area contributed by atoms with Crippen molar-refractivity contribution in [1.29, 1.82) is 0 Å². The van der Waals surface area contributed by atoms with Gasteiger partial charge in [0.2, 0.25) is 0 Å². The number of nitrogens with zero attached hydrogens (tertiary/aromatic N) is 2. The first-order valence-electron chi connectivity index (χ1n) is 21.3. The van der Waals surface area contributed by atoms with Crippen LogP contribution in [0.2, 0.25) is 5.02 Å². The van der Waals surface area contributed by atoms with E-state index in [1.54, 1.807) is 13.8 Å². The van der Waals surface area contributed by atoms with E-state index < -0.39 is 17.4 Å². The van der Waals surface area contributed by atoms with Gasteiger partial charge in [0.15, 0.2) is 5.78 Å². The lowest BCUT2D eigenvalue weighted by Gasteiger charge is -2.72. The number of esters is 1. The van der Waals surface area contributed by atoms with E-state index in [2.05, 4.69) is 84.5 Å². The van der Waals surface area contributed by atoms with E-state index in [1.807, 2.05) is 12.1 Å². The number of Topliss-reactive ketones (excluding diaryl/α,β-unsaturated/α-hetero) is 1. The van der Waals surface area contributed by atoms with Gasteiger partial charge in [-0.15, -0.1) is 0 Å². The van der Waals surface area contributed by atoms with Crippen LogP contribution in [-0.2, 0) is 25.7 Å². The molecule has 0 heterocycles. The average molecular weight is 780 g/mol. The molecule has 4 fully saturated rings. The SMILES string of the molecule is CC(C)C1=C2C3CCC4C5(C)CCC(OC(=O)CC(C)(C)C(=O)O)C(C)(C)C5CCC4(C)C3(C)CCC2(CN(CCN(C)C)Cc2ccc(Cl)cc2)CC1=O. The van der Waals surface area contributed by atoms with Crippen LogP contribution in [0.15, 0.2) is 35.4 Å². The van der Waals surface area contributed by atoms with E-state index in [9.17, 15) is 19.5 Å². The highest BCUT2D eigenvalue weighted by Crippen LogP contribution is 2.76. The third kappa shape index (κ3) is 7.28. The Kier molecular flexibility index (Phi) is 11.5. The van der Waals surface area contributed by atoms with Gasteiger partial charge >= 0.3 is 11.9 Å². The molecule has 0 radical (unpaired) electrons. The van der Waals surface area contributed by atoms with Crippen molar-refractivity contribution in [3.63, 3.8) is 0 Å². The minimum absolute atomic E-state index is 0.0774. The van der Waals surface area contributed by atoms with Crippen molar-refractivity contribution in [2.75, 3.05) is 33.7 Å². The number of aliphatic carboxylic acids is 1. The molecule has 1 N–H and O–H groups in total. The van der Waals surface area contributed by atoms with Gasteiger partial charge in [0.1, 0.15) is 6.10 Å². The standard InChI is InChI=1S/C47H71ClN2O5/c1-30(2)39-34(51)26-47(29-50(25-24-49(10)11)28-31-12-14-32(48)15-13-31)23-22-45(8)33(40(39)47)16-17-36-44(7)20-19-37(55-38(52)27-42(3,4)41(53)54)43(5,6)35(44)18-21-46(36,45)9/h12-15,30,33,35-37H,16-29H2,1-11H3,(H,53,54). The van der Waals surface area contributed by atoms with Gasteiger partial charge < -0.3 is 14.7 Å². The highest BCUT2D eigenvalue weighted by Gasteiger charge is 2.70. The number of ketones is 1. The van der Waals surface area contributed by atoms with E-state index >= 15 is 0 Å². The number of rotatable bonds is 12. The fraction of sp³-hybridized carbons (Fsp3) is 0.766. The number of hydrogen-bond donors (Lipinski definition) is 1. The number of likely N-dealkylation sites (N-methyl/N-ethyl adjacent to an activating group) is 1. The van der Waals surface area contributed by atoms with Crippen LogP contribution in [0.4, 0.5) is 0 Å². The minimum Gasteiger partial charge on any atom is -0.481 e. The number of halogens is 1. The second-order valence-corrected chi connectivity index (χ2v) is 21.8.